The van der Waals surface area contributed by atoms with Crippen molar-refractivity contribution in [2.24, 2.45) is 5.41 Å². The first kappa shape index (κ1) is 14.7. The van der Waals surface area contributed by atoms with Gasteiger partial charge in [-0.05, 0) is 25.2 Å². The molecule has 5 nitrogen and oxygen atoms in total. The van der Waals surface area contributed by atoms with E-state index >= 15 is 0 Å². The third-order valence-electron chi connectivity index (χ3n) is 3.07. The second kappa shape index (κ2) is 6.54. The number of nitrogens with zero attached hydrogens (tertiary/aromatic N) is 2. The Bertz CT molecular complexity index is 379. The fourth-order valence-corrected chi connectivity index (χ4v) is 1.85. The van der Waals surface area contributed by atoms with Crippen molar-refractivity contribution >= 4 is 11.6 Å². The topological polar surface area (TPSA) is 70.1 Å². The number of hydrogen-bond donors (Lipinski definition) is 3. The number of aliphatic hydroxyl groups excluding tert-OH is 1. The Balaban J connectivity index is 2.63. The molecule has 102 valence electrons. The van der Waals surface area contributed by atoms with Crippen LogP contribution in [0.5, 0.6) is 0 Å². The van der Waals surface area contributed by atoms with Crippen LogP contribution in [0.15, 0.2) is 6.33 Å². The highest BCUT2D eigenvalue weighted by Crippen LogP contribution is 2.24. The summed E-state index contributed by atoms with van der Waals surface area (Å²) in [4.78, 5) is 8.41. The molecule has 0 unspecified atom stereocenters. The van der Waals surface area contributed by atoms with Crippen LogP contribution < -0.4 is 10.6 Å². The summed E-state index contributed by atoms with van der Waals surface area (Å²) in [6.07, 6.45) is 3.38. The molecular weight excluding hydrogens is 228 g/mol. The van der Waals surface area contributed by atoms with Crippen LogP contribution in [0.3, 0.4) is 0 Å². The van der Waals surface area contributed by atoms with Gasteiger partial charge in [-0.15, -0.1) is 0 Å². The van der Waals surface area contributed by atoms with Crippen molar-refractivity contribution in [2.45, 2.75) is 33.6 Å². The molecule has 18 heavy (non-hydrogen) atoms. The smallest absolute Gasteiger partial charge is 0.134 e. The third-order valence-corrected chi connectivity index (χ3v) is 3.07. The Morgan fingerprint density at radius 3 is 2.56 bits per heavy atom. The van der Waals surface area contributed by atoms with E-state index in [2.05, 4.69) is 34.4 Å². The van der Waals surface area contributed by atoms with Gasteiger partial charge in [0.2, 0.25) is 0 Å². The van der Waals surface area contributed by atoms with Crippen LogP contribution in [-0.4, -0.2) is 35.3 Å². The highest BCUT2D eigenvalue weighted by molar-refractivity contribution is 5.56. The van der Waals surface area contributed by atoms with Gasteiger partial charge in [-0.2, -0.15) is 0 Å². The normalized spacial score (nSPS) is 11.4. The maximum absolute atomic E-state index is 8.88. The average molecular weight is 252 g/mol. The minimum Gasteiger partial charge on any atom is -0.396 e. The maximum Gasteiger partial charge on any atom is 0.134 e. The van der Waals surface area contributed by atoms with Crippen molar-refractivity contribution in [3.8, 4) is 0 Å². The van der Waals surface area contributed by atoms with Gasteiger partial charge in [0.25, 0.3) is 0 Å². The van der Waals surface area contributed by atoms with Crippen LogP contribution in [-0.2, 0) is 0 Å². The molecule has 0 radical (unpaired) electrons. The molecule has 0 aliphatic heterocycles. The van der Waals surface area contributed by atoms with E-state index in [4.69, 9.17) is 5.11 Å². The second-order valence-corrected chi connectivity index (χ2v) is 5.29. The molecule has 0 aliphatic carbocycles. The fraction of sp³-hybridized carbons (Fsp3) is 0.692. The van der Waals surface area contributed by atoms with Crippen LogP contribution in [0.2, 0.25) is 0 Å². The van der Waals surface area contributed by atoms with Gasteiger partial charge in [0.05, 0.1) is 0 Å². The number of aromatic nitrogens is 2. The van der Waals surface area contributed by atoms with E-state index in [0.29, 0.717) is 0 Å². The summed E-state index contributed by atoms with van der Waals surface area (Å²) in [6.45, 7) is 7.44. The second-order valence-electron chi connectivity index (χ2n) is 5.29. The van der Waals surface area contributed by atoms with Crippen LogP contribution in [0.25, 0.3) is 0 Å². The Morgan fingerprint density at radius 2 is 1.94 bits per heavy atom. The molecule has 0 bridgehead atoms. The minimum absolute atomic E-state index is 0.139. The van der Waals surface area contributed by atoms with Crippen molar-refractivity contribution in [1.82, 2.24) is 9.97 Å². The molecule has 0 spiro atoms. The minimum atomic E-state index is 0.139. The summed E-state index contributed by atoms with van der Waals surface area (Å²) >= 11 is 0. The van der Waals surface area contributed by atoms with Gasteiger partial charge in [0.1, 0.15) is 18.0 Å². The highest BCUT2D eigenvalue weighted by Gasteiger charge is 2.18. The van der Waals surface area contributed by atoms with E-state index in [-0.39, 0.29) is 12.0 Å². The van der Waals surface area contributed by atoms with E-state index in [1.807, 2.05) is 14.0 Å². The molecular formula is C13H24N4O. The zero-order valence-corrected chi connectivity index (χ0v) is 11.7. The first-order valence-corrected chi connectivity index (χ1v) is 6.34. The molecule has 3 N–H and O–H groups in total. The molecule has 0 aromatic carbocycles. The largest absolute Gasteiger partial charge is 0.396 e. The highest BCUT2D eigenvalue weighted by atomic mass is 16.2. The Hall–Kier alpha value is -1.36. The van der Waals surface area contributed by atoms with Crippen molar-refractivity contribution < 1.29 is 5.11 Å². The van der Waals surface area contributed by atoms with Gasteiger partial charge in [-0.3, -0.25) is 0 Å². The number of nitrogens with one attached hydrogen (secondary N) is 2. The molecule has 5 heteroatoms. The molecule has 0 aliphatic rings. The van der Waals surface area contributed by atoms with Gasteiger partial charge in [0, 0.05) is 25.8 Å². The quantitative estimate of drug-likeness (QED) is 0.692. The molecule has 1 aromatic rings. The number of anilines is 2. The van der Waals surface area contributed by atoms with Gasteiger partial charge in [-0.1, -0.05) is 13.8 Å². The molecule has 0 saturated carbocycles. The SMILES string of the molecule is CNc1ncnc(NCC(C)(C)CCCO)c1C. The van der Waals surface area contributed by atoms with Crippen molar-refractivity contribution in [2.75, 3.05) is 30.8 Å². The average Bonchev–Trinajstić information content (AvgIpc) is 2.35. The van der Waals surface area contributed by atoms with Gasteiger partial charge < -0.3 is 15.7 Å². The molecule has 0 atom stereocenters. The van der Waals surface area contributed by atoms with Crippen LogP contribution in [0.4, 0.5) is 11.6 Å². The molecule has 0 amide bonds. The molecule has 1 heterocycles. The Kier molecular flexibility index (Phi) is 5.34. The maximum atomic E-state index is 8.88. The predicted octanol–water partition coefficient (Wildman–Crippen LogP) is 2.04. The lowest BCUT2D eigenvalue weighted by Crippen LogP contribution is -2.24. The van der Waals surface area contributed by atoms with E-state index in [1.165, 1.54) is 0 Å². The van der Waals surface area contributed by atoms with E-state index in [0.717, 1.165) is 36.6 Å². The summed E-state index contributed by atoms with van der Waals surface area (Å²) in [7, 11) is 1.85. The van der Waals surface area contributed by atoms with Crippen LogP contribution in [0.1, 0.15) is 32.3 Å². The van der Waals surface area contributed by atoms with Crippen LogP contribution in [0, 0.1) is 12.3 Å². The summed E-state index contributed by atoms with van der Waals surface area (Å²) in [5, 5.41) is 15.3. The molecule has 1 aromatic heterocycles. The lowest BCUT2D eigenvalue weighted by Gasteiger charge is -2.25. The first-order valence-electron chi connectivity index (χ1n) is 6.34. The first-order chi connectivity index (χ1) is 8.50. The van der Waals surface area contributed by atoms with Crippen LogP contribution >= 0.6 is 0 Å². The zero-order valence-electron chi connectivity index (χ0n) is 11.7. The summed E-state index contributed by atoms with van der Waals surface area (Å²) in [5.74, 6) is 1.71. The standard InChI is InChI=1S/C13H24N4O/c1-10-11(14-4)16-9-17-12(10)15-8-13(2,3)6-5-7-18/h9,18H,5-8H2,1-4H3,(H2,14,15,16,17). The zero-order chi connectivity index (χ0) is 13.6. The van der Waals surface area contributed by atoms with E-state index < -0.39 is 0 Å². The van der Waals surface area contributed by atoms with Gasteiger partial charge in [-0.25, -0.2) is 9.97 Å². The van der Waals surface area contributed by atoms with Gasteiger partial charge >= 0.3 is 0 Å². The summed E-state index contributed by atoms with van der Waals surface area (Å²) < 4.78 is 0. The van der Waals surface area contributed by atoms with Gasteiger partial charge in [0.15, 0.2) is 0 Å². The third kappa shape index (κ3) is 4.14. The summed E-state index contributed by atoms with van der Waals surface area (Å²) in [5.41, 5.74) is 1.16. The molecule has 0 saturated heterocycles. The van der Waals surface area contributed by atoms with Crippen molar-refractivity contribution in [3.63, 3.8) is 0 Å². The van der Waals surface area contributed by atoms with E-state index in [9.17, 15) is 0 Å². The van der Waals surface area contributed by atoms with E-state index in [1.54, 1.807) is 6.33 Å². The summed E-state index contributed by atoms with van der Waals surface area (Å²) in [6, 6.07) is 0. The Labute approximate surface area is 109 Å². The Morgan fingerprint density at radius 1 is 1.28 bits per heavy atom. The van der Waals surface area contributed by atoms with Crippen molar-refractivity contribution in [1.29, 1.82) is 0 Å². The lowest BCUT2D eigenvalue weighted by molar-refractivity contribution is 0.248. The monoisotopic (exact) mass is 252 g/mol. The number of hydrogen-bond acceptors (Lipinski definition) is 5. The predicted molar refractivity (Wildman–Crippen MR) is 74.9 cm³/mol. The number of rotatable bonds is 7. The number of aliphatic hydroxyl groups is 1. The lowest BCUT2D eigenvalue weighted by atomic mass is 9.88. The van der Waals surface area contributed by atoms with Crippen molar-refractivity contribution in [3.05, 3.63) is 11.9 Å². The molecule has 0 fully saturated rings. The fourth-order valence-electron chi connectivity index (χ4n) is 1.85. The molecule has 1 rings (SSSR count).